The Bertz CT molecular complexity index is 1280. The number of hydrogen-bond acceptors (Lipinski definition) is 6. The second kappa shape index (κ2) is 8.17. The third-order valence-corrected chi connectivity index (χ3v) is 9.99. The van der Waals surface area contributed by atoms with Crippen LogP contribution in [0.1, 0.15) is 23.1 Å². The third kappa shape index (κ3) is 3.91. The molecule has 0 spiro atoms. The highest BCUT2D eigenvalue weighted by molar-refractivity contribution is 7.94. The van der Waals surface area contributed by atoms with Crippen molar-refractivity contribution >= 4 is 37.3 Å². The van der Waals surface area contributed by atoms with Gasteiger partial charge in [0.15, 0.2) is 0 Å². The molecule has 0 bridgehead atoms. The average Bonchev–Trinajstić information content (AvgIpc) is 3.03. The molecule has 32 heavy (non-hydrogen) atoms. The number of sulfonamides is 2. The molecule has 2 heterocycles. The normalized spacial score (nSPS) is 19.5. The van der Waals surface area contributed by atoms with E-state index in [1.807, 2.05) is 12.1 Å². The molecule has 1 amide bonds. The van der Waals surface area contributed by atoms with E-state index in [1.54, 1.807) is 13.0 Å². The summed E-state index contributed by atoms with van der Waals surface area (Å²) < 4.78 is 53.6. The van der Waals surface area contributed by atoms with Gasteiger partial charge in [-0.1, -0.05) is 18.2 Å². The van der Waals surface area contributed by atoms with Gasteiger partial charge in [0.25, 0.3) is 0 Å². The number of anilines is 2. The maximum Gasteiger partial charge on any atom is 0.243 e. The second-order valence-corrected chi connectivity index (χ2v) is 12.1. The van der Waals surface area contributed by atoms with Crippen molar-refractivity contribution in [3.05, 3.63) is 53.1 Å². The Morgan fingerprint density at radius 3 is 2.22 bits per heavy atom. The summed E-state index contributed by atoms with van der Waals surface area (Å²) in [6.45, 7) is 7.55. The van der Waals surface area contributed by atoms with Gasteiger partial charge in [-0.25, -0.2) is 21.1 Å². The van der Waals surface area contributed by atoms with Crippen LogP contribution in [-0.2, 0) is 24.8 Å². The van der Waals surface area contributed by atoms with Crippen molar-refractivity contribution in [2.24, 2.45) is 0 Å². The highest BCUT2D eigenvalue weighted by Gasteiger charge is 2.37. The van der Waals surface area contributed by atoms with Crippen LogP contribution in [0.4, 0.5) is 11.4 Å². The molecule has 10 heteroatoms. The van der Waals surface area contributed by atoms with Gasteiger partial charge < -0.3 is 4.90 Å². The van der Waals surface area contributed by atoms with Gasteiger partial charge in [0.1, 0.15) is 0 Å². The summed E-state index contributed by atoms with van der Waals surface area (Å²) in [6.07, 6.45) is -0.0986. The van der Waals surface area contributed by atoms with E-state index in [4.69, 9.17) is 0 Å². The average molecular weight is 478 g/mol. The zero-order valence-corrected chi connectivity index (χ0v) is 20.0. The molecule has 0 atom stereocenters. The van der Waals surface area contributed by atoms with Gasteiger partial charge in [0.05, 0.1) is 16.3 Å². The van der Waals surface area contributed by atoms with Crippen molar-refractivity contribution in [2.45, 2.75) is 32.1 Å². The van der Waals surface area contributed by atoms with Crippen molar-refractivity contribution in [1.29, 1.82) is 0 Å². The van der Waals surface area contributed by atoms with Gasteiger partial charge >= 0.3 is 0 Å². The molecule has 0 N–H and O–H groups in total. The minimum absolute atomic E-state index is 0.0325. The summed E-state index contributed by atoms with van der Waals surface area (Å²) in [5.41, 5.74) is 4.07. The number of rotatable bonds is 4. The summed E-state index contributed by atoms with van der Waals surface area (Å²) in [4.78, 5) is 14.4. The van der Waals surface area contributed by atoms with Crippen LogP contribution in [0.2, 0.25) is 0 Å². The lowest BCUT2D eigenvalue weighted by molar-refractivity contribution is -0.116. The summed E-state index contributed by atoms with van der Waals surface area (Å²) >= 11 is 0. The zero-order chi connectivity index (χ0) is 23.3. The molecule has 2 fully saturated rings. The van der Waals surface area contributed by atoms with Crippen LogP contribution in [0.15, 0.2) is 41.3 Å². The Hall–Kier alpha value is -2.43. The highest BCUT2D eigenvalue weighted by Crippen LogP contribution is 2.31. The van der Waals surface area contributed by atoms with E-state index in [9.17, 15) is 21.6 Å². The SMILES string of the molecule is Cc1ccc(N2C(=O)CCS2(=O)=O)cc1S(=O)(=O)N1CCN(c2cccc(C)c2C)CC1. The van der Waals surface area contributed by atoms with E-state index < -0.39 is 26.0 Å². The van der Waals surface area contributed by atoms with Crippen molar-refractivity contribution in [2.75, 3.05) is 41.1 Å². The molecule has 4 rings (SSSR count). The fraction of sp³-hybridized carbons (Fsp3) is 0.409. The molecule has 0 aromatic heterocycles. The molecule has 0 aliphatic carbocycles. The van der Waals surface area contributed by atoms with Gasteiger partial charge in [-0.2, -0.15) is 4.31 Å². The van der Waals surface area contributed by atoms with Crippen LogP contribution in [0.5, 0.6) is 0 Å². The maximum absolute atomic E-state index is 13.4. The first-order valence-corrected chi connectivity index (χ1v) is 13.5. The van der Waals surface area contributed by atoms with Crippen LogP contribution >= 0.6 is 0 Å². The smallest absolute Gasteiger partial charge is 0.243 e. The molecule has 172 valence electrons. The van der Waals surface area contributed by atoms with Gasteiger partial charge in [-0.05, 0) is 55.7 Å². The van der Waals surface area contributed by atoms with Gasteiger partial charge in [0.2, 0.25) is 26.0 Å². The molecule has 2 aromatic carbocycles. The number of aryl methyl sites for hydroxylation is 2. The van der Waals surface area contributed by atoms with Crippen LogP contribution in [0, 0.1) is 20.8 Å². The van der Waals surface area contributed by atoms with Crippen LogP contribution in [0.3, 0.4) is 0 Å². The number of nitrogens with zero attached hydrogens (tertiary/aromatic N) is 3. The fourth-order valence-corrected chi connectivity index (χ4v) is 7.37. The minimum Gasteiger partial charge on any atom is -0.369 e. The Morgan fingerprint density at radius 2 is 1.59 bits per heavy atom. The first-order valence-electron chi connectivity index (χ1n) is 10.5. The largest absolute Gasteiger partial charge is 0.369 e. The van der Waals surface area contributed by atoms with Gasteiger partial charge in [0, 0.05) is 38.3 Å². The summed E-state index contributed by atoms with van der Waals surface area (Å²) in [7, 11) is -7.62. The topological polar surface area (TPSA) is 95.1 Å². The lowest BCUT2D eigenvalue weighted by Gasteiger charge is -2.36. The second-order valence-electron chi connectivity index (χ2n) is 8.28. The number of carbonyl (C=O) groups is 1. The Morgan fingerprint density at radius 1 is 0.906 bits per heavy atom. The predicted molar refractivity (Wildman–Crippen MR) is 124 cm³/mol. The molecule has 2 aliphatic heterocycles. The van der Waals surface area contributed by atoms with E-state index in [-0.39, 0.29) is 22.8 Å². The lowest BCUT2D eigenvalue weighted by Crippen LogP contribution is -2.49. The molecule has 0 saturated carbocycles. The van der Waals surface area contributed by atoms with Crippen molar-refractivity contribution in [3.63, 3.8) is 0 Å². The monoisotopic (exact) mass is 477 g/mol. The van der Waals surface area contributed by atoms with Crippen LogP contribution in [0.25, 0.3) is 0 Å². The number of benzene rings is 2. The van der Waals surface area contributed by atoms with E-state index >= 15 is 0 Å². The molecule has 2 aliphatic rings. The summed E-state index contributed by atoms with van der Waals surface area (Å²) in [5.74, 6) is -0.804. The van der Waals surface area contributed by atoms with Crippen molar-refractivity contribution in [3.8, 4) is 0 Å². The molecule has 2 aromatic rings. The Balaban J connectivity index is 1.59. The van der Waals surface area contributed by atoms with E-state index in [1.165, 1.54) is 27.6 Å². The molecule has 8 nitrogen and oxygen atoms in total. The fourth-order valence-electron chi connectivity index (χ4n) is 4.25. The molecule has 0 unspecified atom stereocenters. The van der Waals surface area contributed by atoms with Crippen LogP contribution < -0.4 is 9.21 Å². The predicted octanol–water partition coefficient (Wildman–Crippen LogP) is 2.19. The molecular formula is C22H27N3O5S2. The lowest BCUT2D eigenvalue weighted by atomic mass is 10.1. The molecule has 0 radical (unpaired) electrons. The minimum atomic E-state index is -3.85. The van der Waals surface area contributed by atoms with Gasteiger partial charge in [-0.15, -0.1) is 0 Å². The van der Waals surface area contributed by atoms with Crippen molar-refractivity contribution < 1.29 is 21.6 Å². The quantitative estimate of drug-likeness (QED) is 0.670. The standard InChI is InChI=1S/C22H27N3O5S2/c1-16-5-4-6-20(18(16)3)23-10-12-24(13-11-23)32(29,30)21-15-19(8-7-17(21)2)25-22(26)9-14-31(25,27)28/h4-8,15H,9-14H2,1-3H3. The third-order valence-electron chi connectivity index (χ3n) is 6.26. The van der Waals surface area contributed by atoms with Crippen LogP contribution in [-0.4, -0.2) is 59.0 Å². The van der Waals surface area contributed by atoms with E-state index in [2.05, 4.69) is 24.8 Å². The summed E-state index contributed by atoms with van der Waals surface area (Å²) in [6, 6.07) is 10.4. The number of piperazine rings is 1. The van der Waals surface area contributed by atoms with E-state index in [0.717, 1.165) is 9.99 Å². The number of carbonyl (C=O) groups excluding carboxylic acids is 1. The Kier molecular flexibility index (Phi) is 5.81. The van der Waals surface area contributed by atoms with E-state index in [0.29, 0.717) is 31.7 Å². The maximum atomic E-state index is 13.4. The number of hydrogen-bond donors (Lipinski definition) is 0. The molecule has 2 saturated heterocycles. The number of amides is 1. The zero-order valence-electron chi connectivity index (χ0n) is 18.4. The Labute approximate surface area is 189 Å². The summed E-state index contributed by atoms with van der Waals surface area (Å²) in [5, 5.41) is 0. The molecular weight excluding hydrogens is 450 g/mol. The van der Waals surface area contributed by atoms with Gasteiger partial charge in [-0.3, -0.25) is 4.79 Å². The highest BCUT2D eigenvalue weighted by atomic mass is 32.2. The first-order chi connectivity index (χ1) is 15.0. The first kappa shape index (κ1) is 22.8. The van der Waals surface area contributed by atoms with Crippen molar-refractivity contribution in [1.82, 2.24) is 4.31 Å².